The van der Waals surface area contributed by atoms with E-state index in [2.05, 4.69) is 71.7 Å². The Labute approximate surface area is 139 Å². The summed E-state index contributed by atoms with van der Waals surface area (Å²) in [6.07, 6.45) is 8.62. The molecule has 0 saturated heterocycles. The van der Waals surface area contributed by atoms with Crippen LogP contribution < -0.4 is 10.3 Å². The first-order valence-corrected chi connectivity index (χ1v) is 8.47. The first-order valence-electron chi connectivity index (χ1n) is 8.47. The van der Waals surface area contributed by atoms with Crippen molar-refractivity contribution in [3.8, 4) is 0 Å². The summed E-state index contributed by atoms with van der Waals surface area (Å²) < 4.78 is 0. The monoisotopic (exact) mass is 310 g/mol. The predicted molar refractivity (Wildman–Crippen MR) is 98.4 cm³/mol. The van der Waals surface area contributed by atoms with Crippen LogP contribution >= 0.6 is 0 Å². The molecule has 0 atom stereocenters. The number of para-hydroxylation sites is 1. The molecule has 23 heavy (non-hydrogen) atoms. The minimum absolute atomic E-state index is 0.00278. The zero-order valence-corrected chi connectivity index (χ0v) is 14.3. The number of hydrazone groups is 1. The van der Waals surface area contributed by atoms with Crippen LogP contribution in [0.1, 0.15) is 45.1 Å². The maximum absolute atomic E-state index is 4.53. The lowest BCUT2D eigenvalue weighted by Crippen LogP contribution is -2.23. The molecule has 3 rings (SSSR count). The van der Waals surface area contributed by atoms with Crippen molar-refractivity contribution in [2.75, 3.05) is 18.5 Å². The highest BCUT2D eigenvalue weighted by molar-refractivity contribution is 5.84. The van der Waals surface area contributed by atoms with Gasteiger partial charge >= 0.3 is 0 Å². The van der Waals surface area contributed by atoms with Gasteiger partial charge < -0.3 is 4.90 Å². The van der Waals surface area contributed by atoms with E-state index in [1.54, 1.807) is 0 Å². The standard InChI is InChI=1S/C19H26N4/c1-19(2)15-9-6-7-10-16(15)23(3)17(19)12-14-21-22-18-11-5-4-8-13-20-18/h6-7,9-10,12,14H,4-5,8,11,13H2,1-3H3,(H,20,22). The number of fused-ring (bicyclic) bond motifs is 1. The predicted octanol–water partition coefficient (Wildman–Crippen LogP) is 3.85. The van der Waals surface area contributed by atoms with Crippen molar-refractivity contribution in [2.24, 2.45) is 10.1 Å². The largest absolute Gasteiger partial charge is 0.347 e. The minimum Gasteiger partial charge on any atom is -0.347 e. The van der Waals surface area contributed by atoms with E-state index in [9.17, 15) is 0 Å². The summed E-state index contributed by atoms with van der Waals surface area (Å²) in [6.45, 7) is 5.44. The molecule has 4 nitrogen and oxygen atoms in total. The van der Waals surface area contributed by atoms with Gasteiger partial charge in [0, 0.05) is 43.0 Å². The molecule has 2 heterocycles. The number of likely N-dealkylation sites (N-methyl/N-ethyl adjacent to an activating group) is 1. The molecule has 122 valence electrons. The van der Waals surface area contributed by atoms with Gasteiger partial charge in [0.2, 0.25) is 0 Å². The summed E-state index contributed by atoms with van der Waals surface area (Å²) in [5, 5.41) is 4.35. The van der Waals surface area contributed by atoms with E-state index < -0.39 is 0 Å². The number of aliphatic imine (C=N–C) groups is 1. The lowest BCUT2D eigenvalue weighted by Gasteiger charge is -2.23. The molecule has 4 heteroatoms. The Bertz CT molecular complexity index is 655. The molecule has 0 amide bonds. The highest BCUT2D eigenvalue weighted by Crippen LogP contribution is 2.46. The lowest BCUT2D eigenvalue weighted by molar-refractivity contribution is 0.641. The van der Waals surface area contributed by atoms with Crippen LogP contribution in [0, 0.1) is 0 Å². The summed E-state index contributed by atoms with van der Waals surface area (Å²) in [4.78, 5) is 6.78. The molecule has 0 bridgehead atoms. The van der Waals surface area contributed by atoms with Crippen LogP contribution in [0.25, 0.3) is 0 Å². The second-order valence-corrected chi connectivity index (χ2v) is 6.78. The van der Waals surface area contributed by atoms with Crippen LogP contribution in [-0.4, -0.2) is 25.6 Å². The summed E-state index contributed by atoms with van der Waals surface area (Å²) in [6, 6.07) is 8.58. The van der Waals surface area contributed by atoms with E-state index >= 15 is 0 Å². The molecule has 0 radical (unpaired) electrons. The summed E-state index contributed by atoms with van der Waals surface area (Å²) in [5.74, 6) is 1.01. The fourth-order valence-corrected chi connectivity index (χ4v) is 3.49. The molecular formula is C19H26N4. The molecular weight excluding hydrogens is 284 g/mol. The Morgan fingerprint density at radius 2 is 2.04 bits per heavy atom. The molecule has 0 fully saturated rings. The highest BCUT2D eigenvalue weighted by atomic mass is 15.3. The van der Waals surface area contributed by atoms with Crippen molar-refractivity contribution in [1.29, 1.82) is 0 Å². The smallest absolute Gasteiger partial charge is 0.117 e. The summed E-state index contributed by atoms with van der Waals surface area (Å²) >= 11 is 0. The van der Waals surface area contributed by atoms with E-state index in [-0.39, 0.29) is 5.41 Å². The van der Waals surface area contributed by atoms with Crippen molar-refractivity contribution in [3.05, 3.63) is 41.6 Å². The van der Waals surface area contributed by atoms with E-state index in [0.717, 1.165) is 18.8 Å². The number of rotatable bonds is 2. The normalized spacial score (nSPS) is 22.1. The fraction of sp³-hybridized carbons (Fsp3) is 0.474. The number of hydrogen-bond acceptors (Lipinski definition) is 4. The van der Waals surface area contributed by atoms with Gasteiger partial charge in [-0.15, -0.1) is 0 Å². The molecule has 0 unspecified atom stereocenters. The third-order valence-electron chi connectivity index (χ3n) is 4.82. The van der Waals surface area contributed by atoms with Crippen molar-refractivity contribution in [2.45, 2.75) is 44.9 Å². The van der Waals surface area contributed by atoms with E-state index in [0.29, 0.717) is 0 Å². The van der Waals surface area contributed by atoms with Gasteiger partial charge in [-0.1, -0.05) is 38.5 Å². The van der Waals surface area contributed by atoms with Gasteiger partial charge in [-0.25, -0.2) is 0 Å². The van der Waals surface area contributed by atoms with E-state index in [1.165, 1.54) is 36.2 Å². The highest BCUT2D eigenvalue weighted by Gasteiger charge is 2.37. The van der Waals surface area contributed by atoms with Gasteiger partial charge in [-0.3, -0.25) is 10.4 Å². The number of amidine groups is 1. The van der Waals surface area contributed by atoms with Crippen LogP contribution in [0.5, 0.6) is 0 Å². The first-order chi connectivity index (χ1) is 11.1. The molecule has 1 N–H and O–H groups in total. The van der Waals surface area contributed by atoms with Gasteiger partial charge in [0.05, 0.1) is 0 Å². The van der Waals surface area contributed by atoms with Crippen molar-refractivity contribution in [3.63, 3.8) is 0 Å². The third-order valence-corrected chi connectivity index (χ3v) is 4.82. The molecule has 0 spiro atoms. The van der Waals surface area contributed by atoms with Crippen molar-refractivity contribution >= 4 is 17.7 Å². The summed E-state index contributed by atoms with van der Waals surface area (Å²) in [7, 11) is 2.12. The van der Waals surface area contributed by atoms with Crippen LogP contribution in [-0.2, 0) is 5.41 Å². The van der Waals surface area contributed by atoms with Crippen molar-refractivity contribution in [1.82, 2.24) is 5.43 Å². The Balaban J connectivity index is 1.73. The van der Waals surface area contributed by atoms with Gasteiger partial charge in [-0.05, 0) is 30.5 Å². The number of anilines is 1. The topological polar surface area (TPSA) is 40.0 Å². The molecule has 0 saturated carbocycles. The number of benzene rings is 1. The molecule has 2 aliphatic heterocycles. The van der Waals surface area contributed by atoms with Crippen molar-refractivity contribution < 1.29 is 0 Å². The minimum atomic E-state index is -0.00278. The third kappa shape index (κ3) is 3.16. The number of nitrogens with zero attached hydrogens (tertiary/aromatic N) is 3. The Morgan fingerprint density at radius 1 is 1.22 bits per heavy atom. The quantitative estimate of drug-likeness (QED) is 0.666. The number of hydrogen-bond donors (Lipinski definition) is 1. The molecule has 1 aromatic carbocycles. The van der Waals surface area contributed by atoms with E-state index in [4.69, 9.17) is 0 Å². The Kier molecular flexibility index (Phi) is 4.51. The molecule has 0 aromatic heterocycles. The fourth-order valence-electron chi connectivity index (χ4n) is 3.49. The second-order valence-electron chi connectivity index (χ2n) is 6.78. The van der Waals surface area contributed by atoms with Crippen LogP contribution in [0.3, 0.4) is 0 Å². The SMILES string of the molecule is CN1C(=CC=NNC2=NCCCCC2)C(C)(C)c2ccccc21. The zero-order valence-electron chi connectivity index (χ0n) is 14.3. The molecule has 0 aliphatic carbocycles. The first kappa shape index (κ1) is 15.8. The summed E-state index contributed by atoms with van der Waals surface area (Å²) in [5.41, 5.74) is 7.00. The molecule has 2 aliphatic rings. The average molecular weight is 310 g/mol. The van der Waals surface area contributed by atoms with Crippen LogP contribution in [0.4, 0.5) is 5.69 Å². The average Bonchev–Trinajstić information content (AvgIpc) is 2.74. The molecule has 1 aromatic rings. The van der Waals surface area contributed by atoms with Crippen LogP contribution in [0.2, 0.25) is 0 Å². The maximum Gasteiger partial charge on any atom is 0.117 e. The van der Waals surface area contributed by atoms with E-state index in [1.807, 2.05) is 6.21 Å². The number of nitrogens with one attached hydrogen (secondary N) is 1. The lowest BCUT2D eigenvalue weighted by atomic mass is 9.84. The van der Waals surface area contributed by atoms with Gasteiger partial charge in [-0.2, -0.15) is 5.10 Å². The Hall–Kier alpha value is -2.10. The Morgan fingerprint density at radius 3 is 2.87 bits per heavy atom. The van der Waals surface area contributed by atoms with Crippen LogP contribution in [0.15, 0.2) is 46.1 Å². The second kappa shape index (κ2) is 6.57. The van der Waals surface area contributed by atoms with Gasteiger partial charge in [0.25, 0.3) is 0 Å². The maximum atomic E-state index is 4.53. The van der Waals surface area contributed by atoms with Gasteiger partial charge in [0.15, 0.2) is 0 Å². The number of allylic oxidation sites excluding steroid dienone is 2. The van der Waals surface area contributed by atoms with Gasteiger partial charge in [0.1, 0.15) is 5.84 Å². The zero-order chi connectivity index (χ0) is 16.3.